The van der Waals surface area contributed by atoms with Crippen molar-refractivity contribution in [2.75, 3.05) is 20.7 Å². The molecule has 1 aromatic carbocycles. The Kier molecular flexibility index (Phi) is 5.46. The lowest BCUT2D eigenvalue weighted by Crippen LogP contribution is -2.58. The molecule has 0 radical (unpaired) electrons. The summed E-state index contributed by atoms with van der Waals surface area (Å²) < 4.78 is 5.38. The van der Waals surface area contributed by atoms with E-state index in [1.807, 2.05) is 0 Å². The van der Waals surface area contributed by atoms with E-state index >= 15 is 0 Å². The lowest BCUT2D eigenvalue weighted by atomic mass is 9.95. The molecule has 5 atom stereocenters. The largest absolute Gasteiger partial charge is 0.394 e. The number of carbonyl (C=O) groups excluding carboxylic acids is 1. The third kappa shape index (κ3) is 3.66. The van der Waals surface area contributed by atoms with Gasteiger partial charge in [-0.2, -0.15) is 5.10 Å². The molecule has 1 saturated heterocycles. The van der Waals surface area contributed by atoms with Crippen molar-refractivity contribution < 1.29 is 30.0 Å². The van der Waals surface area contributed by atoms with Crippen LogP contribution in [0.4, 0.5) is 0 Å². The van der Waals surface area contributed by atoms with Gasteiger partial charge in [0.1, 0.15) is 30.5 Å². The molecule has 0 aliphatic carbocycles. The second-order valence-corrected chi connectivity index (χ2v) is 6.58. The van der Waals surface area contributed by atoms with Gasteiger partial charge in [0.25, 0.3) is 5.91 Å². The first kappa shape index (κ1) is 19.3. The lowest BCUT2D eigenvalue weighted by Gasteiger charge is -2.37. The quantitative estimate of drug-likeness (QED) is 0.401. The van der Waals surface area contributed by atoms with Crippen LogP contribution >= 0.6 is 0 Å². The normalized spacial score (nSPS) is 27.9. The van der Waals surface area contributed by atoms with E-state index in [0.29, 0.717) is 22.0 Å². The van der Waals surface area contributed by atoms with Crippen molar-refractivity contribution >= 4 is 16.8 Å². The van der Waals surface area contributed by atoms with Crippen molar-refractivity contribution in [2.24, 2.45) is 0 Å². The first-order chi connectivity index (χ1) is 12.8. The molecular formula is C18H21N3O6. The van der Waals surface area contributed by atoms with E-state index < -0.39 is 37.1 Å². The Morgan fingerprint density at radius 2 is 2.00 bits per heavy atom. The van der Waals surface area contributed by atoms with Crippen LogP contribution in [0.2, 0.25) is 0 Å². The van der Waals surface area contributed by atoms with Gasteiger partial charge in [-0.05, 0) is 12.1 Å². The van der Waals surface area contributed by atoms with E-state index in [9.17, 15) is 25.2 Å². The number of aromatic amines is 1. The summed E-state index contributed by atoms with van der Waals surface area (Å²) in [4.78, 5) is 13.7. The molecule has 0 saturated carbocycles. The van der Waals surface area contributed by atoms with Gasteiger partial charge in [0.05, 0.1) is 23.9 Å². The number of nitrogens with one attached hydrogen (secondary N) is 1. The number of amides is 1. The highest BCUT2D eigenvalue weighted by Gasteiger charge is 2.42. The van der Waals surface area contributed by atoms with Gasteiger partial charge in [0, 0.05) is 25.0 Å². The molecule has 1 amide bonds. The second kappa shape index (κ2) is 7.64. The molecule has 1 aliphatic heterocycles. The molecule has 1 aromatic heterocycles. The Balaban J connectivity index is 1.97. The summed E-state index contributed by atoms with van der Waals surface area (Å²) >= 11 is 0. The van der Waals surface area contributed by atoms with Crippen LogP contribution in [0.25, 0.3) is 10.9 Å². The molecule has 3 rings (SSSR count). The lowest BCUT2D eigenvalue weighted by molar-refractivity contribution is -0.214. The van der Waals surface area contributed by atoms with E-state index in [1.54, 1.807) is 32.4 Å². The topological polar surface area (TPSA) is 139 Å². The van der Waals surface area contributed by atoms with Crippen LogP contribution < -0.4 is 0 Å². The minimum atomic E-state index is -1.50. The van der Waals surface area contributed by atoms with E-state index in [2.05, 4.69) is 22.0 Å². The SMILES string of the molecule is CN(C)C(=O)c1cc(C#C[C@H]2O[C@H](CO)[C@@H](O)[C@H](O)[C@@H]2O)c2[nH]ncc2c1. The number of benzene rings is 1. The van der Waals surface area contributed by atoms with E-state index in [1.165, 1.54) is 4.90 Å². The van der Waals surface area contributed by atoms with E-state index in [-0.39, 0.29) is 5.91 Å². The molecule has 1 aliphatic rings. The molecule has 2 aromatic rings. The molecule has 2 heterocycles. The molecule has 9 nitrogen and oxygen atoms in total. The molecule has 9 heteroatoms. The number of hydrogen-bond acceptors (Lipinski definition) is 7. The smallest absolute Gasteiger partial charge is 0.253 e. The Morgan fingerprint density at radius 1 is 1.26 bits per heavy atom. The van der Waals surface area contributed by atoms with Crippen LogP contribution in [0.15, 0.2) is 18.3 Å². The Hall–Kier alpha value is -2.48. The van der Waals surface area contributed by atoms with E-state index in [4.69, 9.17) is 4.74 Å². The average Bonchev–Trinajstić information content (AvgIpc) is 3.13. The Bertz CT molecular complexity index is 897. The fourth-order valence-corrected chi connectivity index (χ4v) is 2.91. The number of ether oxygens (including phenoxy) is 1. The third-order valence-corrected chi connectivity index (χ3v) is 4.44. The molecule has 0 bridgehead atoms. The number of fused-ring (bicyclic) bond motifs is 1. The van der Waals surface area contributed by atoms with Gasteiger partial charge >= 0.3 is 0 Å². The predicted molar refractivity (Wildman–Crippen MR) is 94.8 cm³/mol. The predicted octanol–water partition coefficient (Wildman–Crippen LogP) is -1.54. The van der Waals surface area contributed by atoms with Crippen molar-refractivity contribution in [2.45, 2.75) is 30.5 Å². The third-order valence-electron chi connectivity index (χ3n) is 4.44. The highest BCUT2D eigenvalue weighted by atomic mass is 16.5. The summed E-state index contributed by atoms with van der Waals surface area (Å²) in [7, 11) is 3.28. The first-order valence-corrected chi connectivity index (χ1v) is 8.34. The zero-order valence-electron chi connectivity index (χ0n) is 14.8. The molecular weight excluding hydrogens is 354 g/mol. The van der Waals surface area contributed by atoms with Crippen LogP contribution in [0, 0.1) is 11.8 Å². The summed E-state index contributed by atoms with van der Waals surface area (Å²) in [5, 5.41) is 46.5. The van der Waals surface area contributed by atoms with Crippen molar-refractivity contribution in [3.63, 3.8) is 0 Å². The molecule has 27 heavy (non-hydrogen) atoms. The fourth-order valence-electron chi connectivity index (χ4n) is 2.91. The fraction of sp³-hybridized carbons (Fsp3) is 0.444. The van der Waals surface area contributed by atoms with Gasteiger partial charge in [-0.15, -0.1) is 0 Å². The second-order valence-electron chi connectivity index (χ2n) is 6.58. The average molecular weight is 375 g/mol. The maximum Gasteiger partial charge on any atom is 0.253 e. The number of aromatic nitrogens is 2. The molecule has 0 spiro atoms. The maximum atomic E-state index is 12.3. The van der Waals surface area contributed by atoms with Gasteiger partial charge in [0.2, 0.25) is 0 Å². The minimum absolute atomic E-state index is 0.200. The van der Waals surface area contributed by atoms with Gasteiger partial charge in [-0.1, -0.05) is 11.8 Å². The van der Waals surface area contributed by atoms with Crippen molar-refractivity contribution in [1.82, 2.24) is 15.1 Å². The number of nitrogens with zero attached hydrogens (tertiary/aromatic N) is 2. The molecule has 5 N–H and O–H groups in total. The Morgan fingerprint density at radius 3 is 2.67 bits per heavy atom. The van der Waals surface area contributed by atoms with Crippen LogP contribution in [0.1, 0.15) is 15.9 Å². The monoisotopic (exact) mass is 375 g/mol. The van der Waals surface area contributed by atoms with Crippen molar-refractivity contribution in [3.8, 4) is 11.8 Å². The maximum absolute atomic E-state index is 12.3. The summed E-state index contributed by atoms with van der Waals surface area (Å²) in [6.45, 7) is -0.527. The minimum Gasteiger partial charge on any atom is -0.394 e. The summed E-state index contributed by atoms with van der Waals surface area (Å²) in [6, 6.07) is 3.29. The number of aliphatic hydroxyl groups is 4. The highest BCUT2D eigenvalue weighted by Crippen LogP contribution is 2.22. The number of H-pyrrole nitrogens is 1. The van der Waals surface area contributed by atoms with Crippen LogP contribution in [0.5, 0.6) is 0 Å². The summed E-state index contributed by atoms with van der Waals surface area (Å²) in [5.41, 5.74) is 1.50. The number of hydrogen-bond donors (Lipinski definition) is 5. The molecule has 1 fully saturated rings. The van der Waals surface area contributed by atoms with Gasteiger partial charge in [-0.25, -0.2) is 0 Å². The van der Waals surface area contributed by atoms with Gasteiger partial charge < -0.3 is 30.1 Å². The van der Waals surface area contributed by atoms with Crippen molar-refractivity contribution in [1.29, 1.82) is 0 Å². The van der Waals surface area contributed by atoms with E-state index in [0.717, 1.165) is 0 Å². The number of aliphatic hydroxyl groups excluding tert-OH is 4. The highest BCUT2D eigenvalue weighted by molar-refractivity contribution is 5.99. The number of rotatable bonds is 2. The standard InChI is InChI=1S/C18H21N3O6/c1-21(2)18(26)10-5-9(14-11(6-10)7-19-20-14)3-4-12-15(23)17(25)16(24)13(8-22)27-12/h5-7,12-13,15-17,22-25H,8H2,1-2H3,(H,19,20)/t12-,13-,15-,16-,17-/m1/s1. The van der Waals surface area contributed by atoms with Gasteiger partial charge in [-0.3, -0.25) is 9.89 Å². The summed E-state index contributed by atoms with van der Waals surface area (Å²) in [5.74, 6) is 5.34. The summed E-state index contributed by atoms with van der Waals surface area (Å²) in [6.07, 6.45) is -4.96. The zero-order valence-corrected chi connectivity index (χ0v) is 14.8. The molecule has 144 valence electrons. The Labute approximate surface area is 155 Å². The number of carbonyl (C=O) groups is 1. The van der Waals surface area contributed by atoms with Crippen molar-refractivity contribution in [3.05, 3.63) is 29.5 Å². The van der Waals surface area contributed by atoms with Crippen LogP contribution in [-0.4, -0.2) is 92.7 Å². The van der Waals surface area contributed by atoms with Crippen LogP contribution in [0.3, 0.4) is 0 Å². The van der Waals surface area contributed by atoms with Gasteiger partial charge in [0.15, 0.2) is 0 Å². The molecule has 0 unspecified atom stereocenters. The van der Waals surface area contributed by atoms with Crippen LogP contribution in [-0.2, 0) is 4.74 Å². The zero-order chi connectivity index (χ0) is 19.7. The first-order valence-electron chi connectivity index (χ1n) is 8.34.